The van der Waals surface area contributed by atoms with E-state index in [-0.39, 0.29) is 5.91 Å². The molecule has 82 valence electrons. The molecule has 1 heterocycles. The van der Waals surface area contributed by atoms with Gasteiger partial charge in [0, 0.05) is 5.38 Å². The number of anilines is 1. The predicted molar refractivity (Wildman–Crippen MR) is 66.3 cm³/mol. The average Bonchev–Trinajstić information content (AvgIpc) is 2.82. The van der Waals surface area contributed by atoms with Crippen LogP contribution < -0.4 is 11.1 Å². The molecule has 0 bridgehead atoms. The fourth-order valence-corrected chi connectivity index (χ4v) is 1.96. The number of nitrogens with two attached hydrogens (primary N) is 1. The van der Waals surface area contributed by atoms with Crippen LogP contribution >= 0.6 is 11.3 Å². The van der Waals surface area contributed by atoms with Crippen LogP contribution in [-0.4, -0.2) is 5.91 Å². The van der Waals surface area contributed by atoms with E-state index < -0.39 is 6.04 Å². The van der Waals surface area contributed by atoms with Crippen molar-refractivity contribution >= 4 is 22.9 Å². The summed E-state index contributed by atoms with van der Waals surface area (Å²) in [6.07, 6.45) is 0. The number of nitrogens with one attached hydrogen (secondary N) is 1. The van der Waals surface area contributed by atoms with Crippen LogP contribution in [0.3, 0.4) is 0 Å². The largest absolute Gasteiger partial charge is 0.324 e. The summed E-state index contributed by atoms with van der Waals surface area (Å²) < 4.78 is 0. The number of thiophene rings is 1. The van der Waals surface area contributed by atoms with Gasteiger partial charge >= 0.3 is 0 Å². The molecule has 0 radical (unpaired) electrons. The quantitative estimate of drug-likeness (QED) is 0.853. The summed E-state index contributed by atoms with van der Waals surface area (Å²) in [4.78, 5) is 11.8. The van der Waals surface area contributed by atoms with E-state index in [0.717, 1.165) is 11.3 Å². The van der Waals surface area contributed by atoms with E-state index in [1.54, 1.807) is 0 Å². The molecule has 0 aliphatic rings. The smallest absolute Gasteiger partial charge is 0.245 e. The zero-order chi connectivity index (χ0) is 11.4. The molecule has 0 saturated heterocycles. The Kier molecular flexibility index (Phi) is 3.34. The third kappa shape index (κ3) is 2.48. The number of amides is 1. The Hall–Kier alpha value is -1.65. The molecule has 0 aliphatic carbocycles. The zero-order valence-electron chi connectivity index (χ0n) is 8.59. The van der Waals surface area contributed by atoms with E-state index >= 15 is 0 Å². The summed E-state index contributed by atoms with van der Waals surface area (Å²) >= 11 is 1.53. The highest BCUT2D eigenvalue weighted by atomic mass is 32.1. The summed E-state index contributed by atoms with van der Waals surface area (Å²) in [6, 6.07) is 10.5. The first-order chi connectivity index (χ1) is 7.77. The molecule has 3 N–H and O–H groups in total. The summed E-state index contributed by atoms with van der Waals surface area (Å²) in [6.45, 7) is 0. The van der Waals surface area contributed by atoms with Crippen molar-refractivity contribution in [1.29, 1.82) is 0 Å². The Morgan fingerprint density at radius 1 is 1.25 bits per heavy atom. The highest BCUT2D eigenvalue weighted by Gasteiger charge is 2.15. The molecular weight excluding hydrogens is 220 g/mol. The molecule has 1 atom stereocenters. The first-order valence-corrected chi connectivity index (χ1v) is 5.85. The maximum absolute atomic E-state index is 11.8. The summed E-state index contributed by atoms with van der Waals surface area (Å²) in [5.41, 5.74) is 7.45. The Balaban J connectivity index is 2.05. The molecule has 1 amide bonds. The van der Waals surface area contributed by atoms with Crippen molar-refractivity contribution in [2.75, 3.05) is 5.32 Å². The molecule has 2 rings (SSSR count). The topological polar surface area (TPSA) is 55.1 Å². The van der Waals surface area contributed by atoms with E-state index in [0.29, 0.717) is 0 Å². The van der Waals surface area contributed by atoms with Gasteiger partial charge in [-0.1, -0.05) is 30.3 Å². The molecule has 0 fully saturated rings. The van der Waals surface area contributed by atoms with Crippen LogP contribution in [0.25, 0.3) is 0 Å². The standard InChI is InChI=1S/C12H12N2OS/c13-11(9-4-2-1-3-5-9)12(15)14-10-6-7-16-8-10/h1-8,11H,13H2,(H,14,15)/t11-/m0/s1. The van der Waals surface area contributed by atoms with Gasteiger partial charge in [-0.05, 0) is 17.0 Å². The van der Waals surface area contributed by atoms with Crippen LogP contribution in [0.2, 0.25) is 0 Å². The second kappa shape index (κ2) is 4.92. The lowest BCUT2D eigenvalue weighted by Crippen LogP contribution is -2.27. The lowest BCUT2D eigenvalue weighted by molar-refractivity contribution is -0.117. The molecule has 2 aromatic rings. The van der Waals surface area contributed by atoms with Crippen LogP contribution in [-0.2, 0) is 4.79 Å². The monoisotopic (exact) mass is 232 g/mol. The van der Waals surface area contributed by atoms with Crippen LogP contribution in [0, 0.1) is 0 Å². The molecule has 4 heteroatoms. The van der Waals surface area contributed by atoms with E-state index in [1.807, 2.05) is 47.2 Å². The van der Waals surface area contributed by atoms with Crippen molar-refractivity contribution in [1.82, 2.24) is 0 Å². The normalized spacial score (nSPS) is 12.1. The van der Waals surface area contributed by atoms with Crippen LogP contribution in [0.15, 0.2) is 47.2 Å². The van der Waals surface area contributed by atoms with E-state index in [4.69, 9.17) is 5.73 Å². The molecule has 3 nitrogen and oxygen atoms in total. The molecule has 0 unspecified atom stereocenters. The zero-order valence-corrected chi connectivity index (χ0v) is 9.41. The highest BCUT2D eigenvalue weighted by Crippen LogP contribution is 2.15. The van der Waals surface area contributed by atoms with Gasteiger partial charge in [0.1, 0.15) is 6.04 Å². The SMILES string of the molecule is N[C@H](C(=O)Nc1ccsc1)c1ccccc1. The second-order valence-electron chi connectivity index (χ2n) is 3.39. The van der Waals surface area contributed by atoms with Crippen LogP contribution in [0.1, 0.15) is 11.6 Å². The Bertz CT molecular complexity index is 453. The number of hydrogen-bond donors (Lipinski definition) is 2. The summed E-state index contributed by atoms with van der Waals surface area (Å²) in [5, 5.41) is 6.54. The lowest BCUT2D eigenvalue weighted by Gasteiger charge is -2.11. The van der Waals surface area contributed by atoms with Gasteiger partial charge in [0.25, 0.3) is 0 Å². The predicted octanol–water partition coefficient (Wildman–Crippen LogP) is 2.39. The third-order valence-electron chi connectivity index (χ3n) is 2.23. The Morgan fingerprint density at radius 2 is 2.00 bits per heavy atom. The third-order valence-corrected chi connectivity index (χ3v) is 2.91. The first-order valence-electron chi connectivity index (χ1n) is 4.91. The summed E-state index contributed by atoms with van der Waals surface area (Å²) in [5.74, 6) is -0.190. The maximum Gasteiger partial charge on any atom is 0.245 e. The fourth-order valence-electron chi connectivity index (χ4n) is 1.37. The highest BCUT2D eigenvalue weighted by molar-refractivity contribution is 7.08. The molecule has 0 saturated carbocycles. The van der Waals surface area contributed by atoms with E-state index in [9.17, 15) is 4.79 Å². The van der Waals surface area contributed by atoms with E-state index in [1.165, 1.54) is 11.3 Å². The number of carbonyl (C=O) groups excluding carboxylic acids is 1. The van der Waals surface area contributed by atoms with Gasteiger partial charge in [0.05, 0.1) is 5.69 Å². The molecule has 16 heavy (non-hydrogen) atoms. The number of hydrogen-bond acceptors (Lipinski definition) is 3. The molecule has 0 aliphatic heterocycles. The molecule has 1 aromatic heterocycles. The van der Waals surface area contributed by atoms with Gasteiger partial charge in [-0.25, -0.2) is 0 Å². The Labute approximate surface area is 97.9 Å². The maximum atomic E-state index is 11.8. The minimum atomic E-state index is -0.624. The molecule has 0 spiro atoms. The number of carbonyl (C=O) groups is 1. The van der Waals surface area contributed by atoms with Crippen molar-refractivity contribution in [3.63, 3.8) is 0 Å². The second-order valence-corrected chi connectivity index (χ2v) is 4.17. The first kappa shape index (κ1) is 10.9. The van der Waals surface area contributed by atoms with Gasteiger partial charge in [0.2, 0.25) is 5.91 Å². The average molecular weight is 232 g/mol. The van der Waals surface area contributed by atoms with Gasteiger partial charge in [-0.2, -0.15) is 11.3 Å². The van der Waals surface area contributed by atoms with Crippen molar-refractivity contribution in [3.05, 3.63) is 52.7 Å². The van der Waals surface area contributed by atoms with Crippen molar-refractivity contribution in [2.45, 2.75) is 6.04 Å². The fraction of sp³-hybridized carbons (Fsp3) is 0.0833. The van der Waals surface area contributed by atoms with Crippen molar-refractivity contribution in [3.8, 4) is 0 Å². The van der Waals surface area contributed by atoms with Gasteiger partial charge in [-0.15, -0.1) is 0 Å². The van der Waals surface area contributed by atoms with Gasteiger partial charge in [0.15, 0.2) is 0 Å². The van der Waals surface area contributed by atoms with Crippen molar-refractivity contribution in [2.24, 2.45) is 5.73 Å². The molecule has 1 aromatic carbocycles. The minimum Gasteiger partial charge on any atom is -0.324 e. The molecular formula is C12H12N2OS. The van der Waals surface area contributed by atoms with Gasteiger partial charge < -0.3 is 11.1 Å². The lowest BCUT2D eigenvalue weighted by atomic mass is 10.1. The van der Waals surface area contributed by atoms with Crippen LogP contribution in [0.4, 0.5) is 5.69 Å². The number of rotatable bonds is 3. The Morgan fingerprint density at radius 3 is 2.62 bits per heavy atom. The minimum absolute atomic E-state index is 0.190. The van der Waals surface area contributed by atoms with E-state index in [2.05, 4.69) is 5.32 Å². The van der Waals surface area contributed by atoms with Crippen LogP contribution in [0.5, 0.6) is 0 Å². The summed E-state index contributed by atoms with van der Waals surface area (Å²) in [7, 11) is 0. The number of benzene rings is 1. The van der Waals surface area contributed by atoms with Crippen molar-refractivity contribution < 1.29 is 4.79 Å². The van der Waals surface area contributed by atoms with Gasteiger partial charge in [-0.3, -0.25) is 4.79 Å².